The molecule has 0 aromatic heterocycles. The molecular weight excluding hydrogens is 220 g/mol. The molecule has 98 valence electrons. The van der Waals surface area contributed by atoms with Crippen LogP contribution in [0.15, 0.2) is 0 Å². The van der Waals surface area contributed by atoms with E-state index in [9.17, 15) is 9.59 Å². The quantitative estimate of drug-likeness (QED) is 0.544. The first kappa shape index (κ1) is 14.0. The Morgan fingerprint density at radius 2 is 2.18 bits per heavy atom. The van der Waals surface area contributed by atoms with E-state index in [-0.39, 0.29) is 11.9 Å². The molecule has 1 aliphatic rings. The summed E-state index contributed by atoms with van der Waals surface area (Å²) >= 11 is 0. The SMILES string of the molecule is CCCCCN1CC(C(=O)OCC)C(N)C1=O. The first-order valence-electron chi connectivity index (χ1n) is 6.32. The number of rotatable bonds is 6. The Morgan fingerprint density at radius 3 is 2.76 bits per heavy atom. The third kappa shape index (κ3) is 3.43. The van der Waals surface area contributed by atoms with Crippen molar-refractivity contribution in [3.63, 3.8) is 0 Å². The van der Waals surface area contributed by atoms with E-state index in [2.05, 4.69) is 6.92 Å². The molecule has 0 spiro atoms. The maximum atomic E-state index is 11.8. The number of amides is 1. The number of nitrogens with zero attached hydrogens (tertiary/aromatic N) is 1. The molecule has 17 heavy (non-hydrogen) atoms. The van der Waals surface area contributed by atoms with E-state index in [1.807, 2.05) is 0 Å². The predicted octanol–water partition coefficient (Wildman–Crippen LogP) is 0.525. The molecule has 0 aromatic rings. The molecule has 0 aliphatic carbocycles. The third-order valence-corrected chi connectivity index (χ3v) is 3.07. The van der Waals surface area contributed by atoms with E-state index in [1.165, 1.54) is 0 Å². The number of likely N-dealkylation sites (tertiary alicyclic amines) is 1. The van der Waals surface area contributed by atoms with E-state index in [1.54, 1.807) is 11.8 Å². The van der Waals surface area contributed by atoms with Crippen LogP contribution in [0.2, 0.25) is 0 Å². The third-order valence-electron chi connectivity index (χ3n) is 3.07. The summed E-state index contributed by atoms with van der Waals surface area (Å²) in [5.41, 5.74) is 5.76. The average Bonchev–Trinajstić information content (AvgIpc) is 2.58. The number of hydrogen-bond acceptors (Lipinski definition) is 4. The summed E-state index contributed by atoms with van der Waals surface area (Å²) in [6.45, 7) is 5.28. The second kappa shape index (κ2) is 6.59. The van der Waals surface area contributed by atoms with Gasteiger partial charge in [0.1, 0.15) is 0 Å². The Morgan fingerprint density at radius 1 is 1.47 bits per heavy atom. The molecule has 1 saturated heterocycles. The van der Waals surface area contributed by atoms with Crippen molar-refractivity contribution in [3.8, 4) is 0 Å². The molecule has 0 aromatic carbocycles. The van der Waals surface area contributed by atoms with Crippen LogP contribution in [-0.4, -0.2) is 42.5 Å². The van der Waals surface area contributed by atoms with Crippen LogP contribution in [0.3, 0.4) is 0 Å². The fourth-order valence-electron chi connectivity index (χ4n) is 2.05. The number of hydrogen-bond donors (Lipinski definition) is 1. The molecule has 2 N–H and O–H groups in total. The van der Waals surface area contributed by atoms with Gasteiger partial charge in [-0.05, 0) is 13.3 Å². The van der Waals surface area contributed by atoms with Gasteiger partial charge in [0.05, 0.1) is 18.6 Å². The fourth-order valence-corrected chi connectivity index (χ4v) is 2.05. The van der Waals surface area contributed by atoms with Crippen molar-refractivity contribution in [2.75, 3.05) is 19.7 Å². The van der Waals surface area contributed by atoms with Crippen LogP contribution in [0.1, 0.15) is 33.1 Å². The molecule has 5 heteroatoms. The normalized spacial score (nSPS) is 24.2. The highest BCUT2D eigenvalue weighted by atomic mass is 16.5. The fraction of sp³-hybridized carbons (Fsp3) is 0.833. The molecular formula is C12H22N2O3. The van der Waals surface area contributed by atoms with Crippen molar-refractivity contribution in [2.24, 2.45) is 11.7 Å². The molecule has 2 unspecified atom stereocenters. The van der Waals surface area contributed by atoms with Crippen LogP contribution < -0.4 is 5.73 Å². The van der Waals surface area contributed by atoms with Gasteiger partial charge in [0, 0.05) is 13.1 Å². The van der Waals surface area contributed by atoms with Gasteiger partial charge in [0.25, 0.3) is 0 Å². The van der Waals surface area contributed by atoms with Crippen molar-refractivity contribution in [2.45, 2.75) is 39.2 Å². The van der Waals surface area contributed by atoms with Crippen molar-refractivity contribution in [3.05, 3.63) is 0 Å². The van der Waals surface area contributed by atoms with Crippen LogP contribution in [0.25, 0.3) is 0 Å². The Labute approximate surface area is 102 Å². The smallest absolute Gasteiger partial charge is 0.312 e. The standard InChI is InChI=1S/C12H22N2O3/c1-3-5-6-7-14-8-9(10(13)11(14)15)12(16)17-4-2/h9-10H,3-8,13H2,1-2H3. The molecule has 2 atom stereocenters. The summed E-state index contributed by atoms with van der Waals surface area (Å²) in [5.74, 6) is -0.977. The van der Waals surface area contributed by atoms with Crippen molar-refractivity contribution in [1.29, 1.82) is 0 Å². The van der Waals surface area contributed by atoms with Crippen LogP contribution in [-0.2, 0) is 14.3 Å². The van der Waals surface area contributed by atoms with Gasteiger partial charge in [-0.15, -0.1) is 0 Å². The lowest BCUT2D eigenvalue weighted by Crippen LogP contribution is -2.38. The van der Waals surface area contributed by atoms with Crippen molar-refractivity contribution < 1.29 is 14.3 Å². The van der Waals surface area contributed by atoms with Gasteiger partial charge in [-0.2, -0.15) is 0 Å². The highest BCUT2D eigenvalue weighted by Gasteiger charge is 2.42. The lowest BCUT2D eigenvalue weighted by molar-refractivity contribution is -0.148. The molecule has 1 aliphatic heterocycles. The Kier molecular flexibility index (Phi) is 5.41. The molecule has 1 fully saturated rings. The van der Waals surface area contributed by atoms with Gasteiger partial charge in [-0.25, -0.2) is 0 Å². The molecule has 1 amide bonds. The number of unbranched alkanes of at least 4 members (excludes halogenated alkanes) is 2. The summed E-state index contributed by atoms with van der Waals surface area (Å²) in [4.78, 5) is 25.1. The maximum absolute atomic E-state index is 11.8. The van der Waals surface area contributed by atoms with E-state index < -0.39 is 12.0 Å². The predicted molar refractivity (Wildman–Crippen MR) is 64.2 cm³/mol. The molecule has 0 saturated carbocycles. The minimum absolute atomic E-state index is 0.126. The first-order valence-corrected chi connectivity index (χ1v) is 6.32. The van der Waals surface area contributed by atoms with Gasteiger partial charge in [0.2, 0.25) is 5.91 Å². The van der Waals surface area contributed by atoms with Crippen LogP contribution >= 0.6 is 0 Å². The lowest BCUT2D eigenvalue weighted by atomic mass is 10.1. The Hall–Kier alpha value is -1.10. The van der Waals surface area contributed by atoms with Gasteiger partial charge in [-0.3, -0.25) is 9.59 Å². The highest BCUT2D eigenvalue weighted by Crippen LogP contribution is 2.19. The van der Waals surface area contributed by atoms with Gasteiger partial charge in [-0.1, -0.05) is 19.8 Å². The van der Waals surface area contributed by atoms with Crippen LogP contribution in [0.4, 0.5) is 0 Å². The summed E-state index contributed by atoms with van der Waals surface area (Å²) < 4.78 is 4.92. The summed E-state index contributed by atoms with van der Waals surface area (Å²) in [6.07, 6.45) is 3.16. The molecule has 1 rings (SSSR count). The first-order chi connectivity index (χ1) is 8.11. The minimum atomic E-state index is -0.726. The van der Waals surface area contributed by atoms with Crippen LogP contribution in [0, 0.1) is 5.92 Å². The second-order valence-electron chi connectivity index (χ2n) is 4.38. The van der Waals surface area contributed by atoms with Gasteiger partial charge in [0.15, 0.2) is 0 Å². The second-order valence-corrected chi connectivity index (χ2v) is 4.38. The average molecular weight is 242 g/mol. The Balaban J connectivity index is 2.50. The Bertz CT molecular complexity index is 281. The topological polar surface area (TPSA) is 72.6 Å². The summed E-state index contributed by atoms with van der Waals surface area (Å²) in [5, 5.41) is 0. The monoisotopic (exact) mass is 242 g/mol. The van der Waals surface area contributed by atoms with E-state index >= 15 is 0 Å². The van der Waals surface area contributed by atoms with E-state index in [0.717, 1.165) is 19.3 Å². The number of ether oxygens (including phenoxy) is 1. The number of carbonyl (C=O) groups is 2. The zero-order chi connectivity index (χ0) is 12.8. The number of esters is 1. The number of carbonyl (C=O) groups excluding carboxylic acids is 2. The number of nitrogens with two attached hydrogens (primary N) is 1. The van der Waals surface area contributed by atoms with E-state index in [4.69, 9.17) is 10.5 Å². The zero-order valence-corrected chi connectivity index (χ0v) is 10.6. The summed E-state index contributed by atoms with van der Waals surface area (Å²) in [7, 11) is 0. The molecule has 0 radical (unpaired) electrons. The summed E-state index contributed by atoms with van der Waals surface area (Å²) in [6, 6.07) is -0.726. The van der Waals surface area contributed by atoms with Gasteiger partial charge < -0.3 is 15.4 Å². The molecule has 1 heterocycles. The highest BCUT2D eigenvalue weighted by molar-refractivity contribution is 5.91. The minimum Gasteiger partial charge on any atom is -0.466 e. The largest absolute Gasteiger partial charge is 0.466 e. The van der Waals surface area contributed by atoms with Gasteiger partial charge >= 0.3 is 5.97 Å². The van der Waals surface area contributed by atoms with E-state index in [0.29, 0.717) is 19.7 Å². The van der Waals surface area contributed by atoms with Crippen molar-refractivity contribution in [1.82, 2.24) is 4.90 Å². The van der Waals surface area contributed by atoms with Crippen molar-refractivity contribution >= 4 is 11.9 Å². The molecule has 5 nitrogen and oxygen atoms in total. The maximum Gasteiger partial charge on any atom is 0.312 e. The molecule has 0 bridgehead atoms. The van der Waals surface area contributed by atoms with Crippen LogP contribution in [0.5, 0.6) is 0 Å². The zero-order valence-electron chi connectivity index (χ0n) is 10.6. The lowest BCUT2D eigenvalue weighted by Gasteiger charge is -2.15.